The molecule has 2 heteroatoms. The quantitative estimate of drug-likeness (QED) is 0.433. The van der Waals surface area contributed by atoms with Crippen molar-refractivity contribution in [2.75, 3.05) is 0 Å². The Balaban J connectivity index is 2.99. The van der Waals surface area contributed by atoms with Crippen LogP contribution in [0.1, 0.15) is 12.5 Å². The maximum absolute atomic E-state index is 6.23. The molecule has 0 aliphatic heterocycles. The van der Waals surface area contributed by atoms with Crippen molar-refractivity contribution in [3.05, 3.63) is 48.6 Å². The van der Waals surface area contributed by atoms with Crippen LogP contribution in [-0.2, 0) is 10.0 Å². The zero-order valence-electron chi connectivity index (χ0n) is 10.9. The molecule has 0 saturated heterocycles. The first kappa shape index (κ1) is 13.8. The summed E-state index contributed by atoms with van der Waals surface area (Å²) in [5.41, 5.74) is 0.395. The minimum absolute atomic E-state index is 0.639. The van der Waals surface area contributed by atoms with Gasteiger partial charge in [0, 0.05) is 0 Å². The van der Waals surface area contributed by atoms with Crippen LogP contribution in [-0.4, -0.2) is 8.32 Å². The Kier molecular flexibility index (Phi) is 4.33. The highest BCUT2D eigenvalue weighted by Gasteiger charge is 2.33. The van der Waals surface area contributed by atoms with E-state index in [0.717, 1.165) is 11.6 Å². The van der Waals surface area contributed by atoms with Gasteiger partial charge in [0.1, 0.15) is 5.60 Å². The van der Waals surface area contributed by atoms with Gasteiger partial charge in [0.05, 0.1) is 0 Å². The average Bonchev–Trinajstić information content (AvgIpc) is 2.29. The van der Waals surface area contributed by atoms with Crippen LogP contribution in [0.3, 0.4) is 0 Å². The van der Waals surface area contributed by atoms with Crippen LogP contribution in [0.4, 0.5) is 0 Å². The maximum atomic E-state index is 6.23. The van der Waals surface area contributed by atoms with Gasteiger partial charge in [-0.15, -0.1) is 13.0 Å². The molecule has 17 heavy (non-hydrogen) atoms. The number of terminal acetylenes is 1. The summed E-state index contributed by atoms with van der Waals surface area (Å²) in [6, 6.07) is 10.9. The lowest BCUT2D eigenvalue weighted by molar-refractivity contribution is 0.142. The van der Waals surface area contributed by atoms with Gasteiger partial charge >= 0.3 is 0 Å². The molecule has 90 valence electrons. The SMILES string of the molecule is C#CC(C)(O[Si](C)(C)CC=C)c1ccccc1. The van der Waals surface area contributed by atoms with Gasteiger partial charge < -0.3 is 4.43 Å². The van der Waals surface area contributed by atoms with Crippen molar-refractivity contribution in [2.45, 2.75) is 31.7 Å². The predicted octanol–water partition coefficient (Wildman–Crippen LogP) is 3.94. The molecule has 0 fully saturated rings. The molecule has 0 aromatic heterocycles. The Morgan fingerprint density at radius 2 is 2.00 bits per heavy atom. The first-order valence-electron chi connectivity index (χ1n) is 5.78. The van der Waals surface area contributed by atoms with Crippen molar-refractivity contribution in [3.63, 3.8) is 0 Å². The van der Waals surface area contributed by atoms with Gasteiger partial charge in [-0.25, -0.2) is 0 Å². The Hall–Kier alpha value is -1.30. The molecule has 1 rings (SSSR count). The van der Waals surface area contributed by atoms with E-state index in [4.69, 9.17) is 10.8 Å². The molecule has 0 amide bonds. The van der Waals surface area contributed by atoms with Gasteiger partial charge in [0.15, 0.2) is 8.32 Å². The molecule has 0 saturated carbocycles. The maximum Gasteiger partial charge on any atom is 0.192 e. The van der Waals surface area contributed by atoms with Crippen LogP contribution < -0.4 is 0 Å². The Bertz CT molecular complexity index is 416. The van der Waals surface area contributed by atoms with E-state index in [-0.39, 0.29) is 0 Å². The van der Waals surface area contributed by atoms with Crippen LogP contribution in [0.25, 0.3) is 0 Å². The van der Waals surface area contributed by atoms with Crippen LogP contribution in [0, 0.1) is 12.3 Å². The minimum atomic E-state index is -1.80. The Morgan fingerprint density at radius 1 is 1.41 bits per heavy atom. The summed E-state index contributed by atoms with van der Waals surface area (Å²) in [6.07, 6.45) is 7.57. The average molecular weight is 244 g/mol. The molecule has 0 bridgehead atoms. The fourth-order valence-corrected chi connectivity index (χ4v) is 3.93. The first-order chi connectivity index (χ1) is 7.93. The molecule has 0 radical (unpaired) electrons. The molecule has 0 spiro atoms. The number of hydrogen-bond acceptors (Lipinski definition) is 1. The molecule has 1 atom stereocenters. The molecular formula is C15H20OSi. The van der Waals surface area contributed by atoms with E-state index in [0.29, 0.717) is 0 Å². The normalized spacial score (nSPS) is 14.7. The lowest BCUT2D eigenvalue weighted by Crippen LogP contribution is -2.39. The van der Waals surface area contributed by atoms with E-state index in [9.17, 15) is 0 Å². The smallest absolute Gasteiger partial charge is 0.192 e. The molecule has 0 aliphatic rings. The molecular weight excluding hydrogens is 224 g/mol. The fourth-order valence-electron chi connectivity index (χ4n) is 1.87. The lowest BCUT2D eigenvalue weighted by atomic mass is 9.97. The molecule has 1 unspecified atom stereocenters. The van der Waals surface area contributed by atoms with Gasteiger partial charge in [0.2, 0.25) is 0 Å². The van der Waals surface area contributed by atoms with E-state index in [1.165, 1.54) is 0 Å². The van der Waals surface area contributed by atoms with Crippen LogP contribution in [0.15, 0.2) is 43.0 Å². The minimum Gasteiger partial charge on any atom is -0.398 e. The molecule has 1 aromatic rings. The fraction of sp³-hybridized carbons (Fsp3) is 0.333. The number of hydrogen-bond donors (Lipinski definition) is 0. The Labute approximate surface area is 106 Å². The zero-order chi connectivity index (χ0) is 12.9. The molecule has 0 heterocycles. The number of allylic oxidation sites excluding steroid dienone is 1. The predicted molar refractivity (Wildman–Crippen MR) is 76.2 cm³/mol. The highest BCUT2D eigenvalue weighted by Crippen LogP contribution is 2.29. The summed E-state index contributed by atoms with van der Waals surface area (Å²) in [5, 5.41) is 0. The second-order valence-electron chi connectivity index (χ2n) is 4.90. The van der Waals surface area contributed by atoms with E-state index >= 15 is 0 Å². The summed E-state index contributed by atoms with van der Waals surface area (Å²) in [6.45, 7) is 10.1. The Morgan fingerprint density at radius 3 is 2.47 bits per heavy atom. The molecule has 0 aliphatic carbocycles. The summed E-state index contributed by atoms with van der Waals surface area (Å²) in [7, 11) is -1.80. The third-order valence-electron chi connectivity index (χ3n) is 2.72. The van der Waals surface area contributed by atoms with Crippen molar-refractivity contribution < 1.29 is 4.43 Å². The number of benzene rings is 1. The molecule has 1 nitrogen and oxygen atoms in total. The standard InChI is InChI=1S/C15H20OSi/c1-6-13-17(4,5)16-15(3,7-2)14-11-9-8-10-12-14/h2,6,8-12H,1,13H2,3-5H3. The summed E-state index contributed by atoms with van der Waals surface area (Å²) in [4.78, 5) is 0. The summed E-state index contributed by atoms with van der Waals surface area (Å²) in [5.74, 6) is 2.79. The topological polar surface area (TPSA) is 9.23 Å². The van der Waals surface area contributed by atoms with Gasteiger partial charge in [-0.2, -0.15) is 0 Å². The van der Waals surface area contributed by atoms with Crippen molar-refractivity contribution in [1.82, 2.24) is 0 Å². The van der Waals surface area contributed by atoms with E-state index in [1.54, 1.807) is 0 Å². The summed E-state index contributed by atoms with van der Waals surface area (Å²) < 4.78 is 6.23. The van der Waals surface area contributed by atoms with E-state index in [2.05, 4.69) is 25.6 Å². The van der Waals surface area contributed by atoms with Gasteiger partial charge in [-0.3, -0.25) is 0 Å². The largest absolute Gasteiger partial charge is 0.398 e. The van der Waals surface area contributed by atoms with E-state index < -0.39 is 13.9 Å². The summed E-state index contributed by atoms with van der Waals surface area (Å²) >= 11 is 0. The third kappa shape index (κ3) is 3.59. The highest BCUT2D eigenvalue weighted by atomic mass is 28.4. The molecule has 0 N–H and O–H groups in total. The van der Waals surface area contributed by atoms with E-state index in [1.807, 2.05) is 43.3 Å². The first-order valence-corrected chi connectivity index (χ1v) is 8.89. The van der Waals surface area contributed by atoms with Crippen molar-refractivity contribution in [1.29, 1.82) is 0 Å². The van der Waals surface area contributed by atoms with Crippen LogP contribution in [0.2, 0.25) is 19.1 Å². The number of rotatable bonds is 5. The highest BCUT2D eigenvalue weighted by molar-refractivity contribution is 6.71. The zero-order valence-corrected chi connectivity index (χ0v) is 11.9. The lowest BCUT2D eigenvalue weighted by Gasteiger charge is -2.34. The van der Waals surface area contributed by atoms with Crippen molar-refractivity contribution >= 4 is 8.32 Å². The van der Waals surface area contributed by atoms with Crippen molar-refractivity contribution in [3.8, 4) is 12.3 Å². The second-order valence-corrected chi connectivity index (χ2v) is 9.03. The third-order valence-corrected chi connectivity index (χ3v) is 4.95. The van der Waals surface area contributed by atoms with Gasteiger partial charge in [-0.05, 0) is 31.6 Å². The van der Waals surface area contributed by atoms with Gasteiger partial charge in [0.25, 0.3) is 0 Å². The second kappa shape index (κ2) is 5.35. The van der Waals surface area contributed by atoms with Crippen LogP contribution in [0.5, 0.6) is 0 Å². The monoisotopic (exact) mass is 244 g/mol. The van der Waals surface area contributed by atoms with Gasteiger partial charge in [-0.1, -0.05) is 42.3 Å². The van der Waals surface area contributed by atoms with Crippen LogP contribution >= 0.6 is 0 Å². The van der Waals surface area contributed by atoms with Crippen molar-refractivity contribution in [2.24, 2.45) is 0 Å². The molecule has 1 aromatic carbocycles.